The predicted molar refractivity (Wildman–Crippen MR) is 129 cm³/mol. The molecule has 3 aromatic carbocycles. The van der Waals surface area contributed by atoms with Crippen molar-refractivity contribution in [1.29, 1.82) is 0 Å². The molecule has 0 aliphatic heterocycles. The quantitative estimate of drug-likeness (QED) is 0.338. The summed E-state index contributed by atoms with van der Waals surface area (Å²) in [5.74, 6) is 1.99. The third kappa shape index (κ3) is 4.36. The van der Waals surface area contributed by atoms with Gasteiger partial charge in [-0.15, -0.1) is 5.11 Å². The third-order valence-electron chi connectivity index (χ3n) is 5.24. The van der Waals surface area contributed by atoms with Crippen LogP contribution in [0, 0.1) is 0 Å². The summed E-state index contributed by atoms with van der Waals surface area (Å²) >= 11 is 0. The summed E-state index contributed by atoms with van der Waals surface area (Å²) in [6.07, 6.45) is 0. The van der Waals surface area contributed by atoms with Crippen LogP contribution in [0.5, 0.6) is 23.0 Å². The Morgan fingerprint density at radius 1 is 0.676 bits per heavy atom. The predicted octanol–water partition coefficient (Wildman–Crippen LogP) is 5.49. The van der Waals surface area contributed by atoms with Crippen LogP contribution < -0.4 is 24.5 Å². The molecule has 0 spiro atoms. The second-order valence-electron chi connectivity index (χ2n) is 7.17. The smallest absolute Gasteiger partial charge is 0.292 e. The molecule has 1 aromatic heterocycles. The van der Waals surface area contributed by atoms with Crippen LogP contribution in [0.2, 0.25) is 0 Å². The molecule has 4 rings (SSSR count). The number of methoxy groups -OCH3 is 4. The van der Waals surface area contributed by atoms with E-state index in [1.165, 1.54) is 21.3 Å². The van der Waals surface area contributed by atoms with E-state index in [4.69, 9.17) is 18.9 Å². The Kier molecular flexibility index (Phi) is 6.63. The number of benzene rings is 3. The van der Waals surface area contributed by atoms with Crippen LogP contribution in [0.1, 0.15) is 0 Å². The molecule has 0 amide bonds. The van der Waals surface area contributed by atoms with E-state index in [-0.39, 0.29) is 5.69 Å². The largest absolute Gasteiger partial charge is 0.496 e. The fourth-order valence-electron chi connectivity index (χ4n) is 3.59. The number of nitrogens with zero attached hydrogens (tertiary/aromatic N) is 2. The van der Waals surface area contributed by atoms with Gasteiger partial charge < -0.3 is 18.9 Å². The minimum atomic E-state index is -0.416. The summed E-state index contributed by atoms with van der Waals surface area (Å²) in [7, 11) is 6.17. The number of azo groups is 1. The summed E-state index contributed by atoms with van der Waals surface area (Å²) < 4.78 is 21.8. The van der Waals surface area contributed by atoms with Crippen molar-refractivity contribution < 1.29 is 18.9 Å². The monoisotopic (exact) mass is 460 g/mol. The Balaban J connectivity index is 1.72. The van der Waals surface area contributed by atoms with E-state index in [1.54, 1.807) is 25.3 Å². The van der Waals surface area contributed by atoms with Crippen LogP contribution in [-0.4, -0.2) is 38.6 Å². The molecule has 4 aromatic rings. The normalized spacial score (nSPS) is 10.9. The Labute approximate surface area is 196 Å². The van der Waals surface area contributed by atoms with Gasteiger partial charge in [-0.25, -0.2) is 0 Å². The zero-order valence-corrected chi connectivity index (χ0v) is 19.2. The minimum Gasteiger partial charge on any atom is -0.496 e. The SMILES string of the molecule is COc1cc(N=Nc2c(-c3cc(OC)c(OC)c(OC)c3)[nH][nH]c2=O)ccc1-c1ccccc1. The first-order chi connectivity index (χ1) is 16.6. The molecule has 34 heavy (non-hydrogen) atoms. The summed E-state index contributed by atoms with van der Waals surface area (Å²) in [4.78, 5) is 12.5. The number of hydrogen-bond donors (Lipinski definition) is 2. The molecule has 1 heterocycles. The average Bonchev–Trinajstić information content (AvgIpc) is 3.26. The molecular formula is C25H24N4O5. The van der Waals surface area contributed by atoms with E-state index >= 15 is 0 Å². The number of nitrogens with one attached hydrogen (secondary N) is 2. The zero-order chi connectivity index (χ0) is 24.1. The van der Waals surface area contributed by atoms with Crippen LogP contribution >= 0.6 is 0 Å². The summed E-state index contributed by atoms with van der Waals surface area (Å²) in [5.41, 5.74) is 3.22. The highest BCUT2D eigenvalue weighted by Gasteiger charge is 2.18. The molecule has 2 N–H and O–H groups in total. The Hall–Kier alpha value is -4.53. The maximum absolute atomic E-state index is 12.5. The van der Waals surface area contributed by atoms with Crippen molar-refractivity contribution in [2.75, 3.05) is 28.4 Å². The highest BCUT2D eigenvalue weighted by Crippen LogP contribution is 2.42. The molecule has 0 atom stereocenters. The van der Waals surface area contributed by atoms with Gasteiger partial charge in [-0.3, -0.25) is 15.0 Å². The summed E-state index contributed by atoms with van der Waals surface area (Å²) in [6.45, 7) is 0. The molecule has 9 nitrogen and oxygen atoms in total. The lowest BCUT2D eigenvalue weighted by Crippen LogP contribution is -1.97. The number of ether oxygens (including phenoxy) is 4. The van der Waals surface area contributed by atoms with Gasteiger partial charge in [-0.1, -0.05) is 30.3 Å². The van der Waals surface area contributed by atoms with E-state index in [0.717, 1.165) is 11.1 Å². The molecule has 0 saturated heterocycles. The molecule has 0 fully saturated rings. The van der Waals surface area contributed by atoms with Crippen molar-refractivity contribution >= 4 is 11.4 Å². The molecule has 0 saturated carbocycles. The number of aromatic nitrogens is 2. The molecule has 0 radical (unpaired) electrons. The van der Waals surface area contributed by atoms with Crippen LogP contribution in [-0.2, 0) is 0 Å². The van der Waals surface area contributed by atoms with Crippen molar-refractivity contribution in [3.63, 3.8) is 0 Å². The summed E-state index contributed by atoms with van der Waals surface area (Å²) in [6, 6.07) is 18.8. The lowest BCUT2D eigenvalue weighted by molar-refractivity contribution is 0.324. The molecule has 0 bridgehead atoms. The van der Waals surface area contributed by atoms with Gasteiger partial charge >= 0.3 is 0 Å². The van der Waals surface area contributed by atoms with Crippen molar-refractivity contribution in [2.24, 2.45) is 10.2 Å². The van der Waals surface area contributed by atoms with Gasteiger partial charge in [0.2, 0.25) is 5.75 Å². The van der Waals surface area contributed by atoms with Crippen molar-refractivity contribution in [1.82, 2.24) is 10.2 Å². The van der Waals surface area contributed by atoms with E-state index in [1.807, 2.05) is 42.5 Å². The van der Waals surface area contributed by atoms with Gasteiger partial charge in [0.25, 0.3) is 5.56 Å². The van der Waals surface area contributed by atoms with Crippen LogP contribution in [0.25, 0.3) is 22.4 Å². The fourth-order valence-corrected chi connectivity index (χ4v) is 3.59. The van der Waals surface area contributed by atoms with E-state index in [2.05, 4.69) is 20.4 Å². The third-order valence-corrected chi connectivity index (χ3v) is 5.24. The van der Waals surface area contributed by atoms with Gasteiger partial charge in [-0.05, 0) is 29.8 Å². The molecule has 174 valence electrons. The zero-order valence-electron chi connectivity index (χ0n) is 19.2. The van der Waals surface area contributed by atoms with E-state index in [0.29, 0.717) is 39.9 Å². The number of rotatable bonds is 8. The second kappa shape index (κ2) is 9.95. The number of aromatic amines is 2. The van der Waals surface area contributed by atoms with Crippen molar-refractivity contribution in [3.8, 4) is 45.4 Å². The molecule has 0 unspecified atom stereocenters. The van der Waals surface area contributed by atoms with Crippen LogP contribution in [0.15, 0.2) is 75.7 Å². The second-order valence-corrected chi connectivity index (χ2v) is 7.17. The lowest BCUT2D eigenvalue weighted by Gasteiger charge is -2.13. The maximum atomic E-state index is 12.5. The van der Waals surface area contributed by atoms with Gasteiger partial charge in [0, 0.05) is 17.2 Å². The standard InChI is InChI=1S/C25H24N4O5/c1-31-19-14-17(10-11-18(19)15-8-6-5-7-9-15)26-28-23-22(27-29-25(23)30)16-12-20(32-2)24(34-4)21(13-16)33-3/h5-14H,1-4H3,(H2,27,29,30). The maximum Gasteiger partial charge on any atom is 0.292 e. The average molecular weight is 460 g/mol. The van der Waals surface area contributed by atoms with Crippen molar-refractivity contribution in [3.05, 3.63) is 71.0 Å². The summed E-state index contributed by atoms with van der Waals surface area (Å²) in [5, 5.41) is 13.9. The minimum absolute atomic E-state index is 0.111. The fraction of sp³-hybridized carbons (Fsp3) is 0.160. The topological polar surface area (TPSA) is 110 Å². The van der Waals surface area contributed by atoms with Crippen LogP contribution in [0.4, 0.5) is 11.4 Å². The molecule has 0 aliphatic rings. The first kappa shape index (κ1) is 22.7. The Morgan fingerprint density at radius 3 is 1.97 bits per heavy atom. The van der Waals surface area contributed by atoms with Gasteiger partial charge in [0.05, 0.1) is 39.8 Å². The highest BCUT2D eigenvalue weighted by molar-refractivity contribution is 5.76. The van der Waals surface area contributed by atoms with Gasteiger partial charge in [0.15, 0.2) is 17.2 Å². The number of H-pyrrole nitrogens is 2. The first-order valence-electron chi connectivity index (χ1n) is 10.4. The lowest BCUT2D eigenvalue weighted by atomic mass is 10.0. The van der Waals surface area contributed by atoms with Crippen molar-refractivity contribution in [2.45, 2.75) is 0 Å². The molecule has 0 aliphatic carbocycles. The Morgan fingerprint density at radius 2 is 1.35 bits per heavy atom. The van der Waals surface area contributed by atoms with Gasteiger partial charge in [-0.2, -0.15) is 5.11 Å². The van der Waals surface area contributed by atoms with E-state index in [9.17, 15) is 4.79 Å². The first-order valence-corrected chi connectivity index (χ1v) is 10.4. The Bertz CT molecular complexity index is 1350. The van der Waals surface area contributed by atoms with E-state index < -0.39 is 5.56 Å². The molecular weight excluding hydrogens is 436 g/mol. The highest BCUT2D eigenvalue weighted by atomic mass is 16.5. The van der Waals surface area contributed by atoms with Gasteiger partial charge in [0.1, 0.15) is 5.75 Å². The van der Waals surface area contributed by atoms with Crippen LogP contribution in [0.3, 0.4) is 0 Å². The number of hydrogen-bond acceptors (Lipinski definition) is 7. The molecule has 9 heteroatoms.